The molecule has 0 aromatic rings. The summed E-state index contributed by atoms with van der Waals surface area (Å²) in [5.41, 5.74) is 0. The number of rotatable bonds is 2. The molecule has 0 aliphatic heterocycles. The fourth-order valence-electron chi connectivity index (χ4n) is 0.0660. The van der Waals surface area contributed by atoms with E-state index in [2.05, 4.69) is 0 Å². The van der Waals surface area contributed by atoms with Crippen molar-refractivity contribution in [1.82, 2.24) is 0 Å². The quantitative estimate of drug-likeness (QED) is 0.610. The fraction of sp³-hybridized carbons (Fsp3) is 0. The average Bonchev–Trinajstić information content (AvgIpc) is 1.27. The first-order valence-electron chi connectivity index (χ1n) is 1.18. The van der Waals surface area contributed by atoms with E-state index in [0.29, 0.717) is 0 Å². The molecule has 0 aliphatic rings. The Balaban J connectivity index is 3.53. The Morgan fingerprint density at radius 2 is 2.00 bits per heavy atom. The molecule has 6 heteroatoms. The predicted octanol–water partition coefficient (Wildman–Crippen LogP) is -0.675. The maximum absolute atomic E-state index is 9.56. The molecular formula is CH2AsMnO4. The predicted molar refractivity (Wildman–Crippen MR) is 16.5 cm³/mol. The summed E-state index contributed by atoms with van der Waals surface area (Å²) in [6.07, 6.45) is 0. The van der Waals surface area contributed by atoms with Crippen LogP contribution in [0.2, 0.25) is 0 Å². The third-order valence-electron chi connectivity index (χ3n) is 0.158. The summed E-state index contributed by atoms with van der Waals surface area (Å²) in [7, 11) is 0. The van der Waals surface area contributed by atoms with Gasteiger partial charge in [0.25, 0.3) is 0 Å². The zero-order chi connectivity index (χ0) is 5.86. The summed E-state index contributed by atoms with van der Waals surface area (Å²) in [5, 5.41) is 7.77. The molecule has 7 heavy (non-hydrogen) atoms. The minimum atomic E-state index is -2.93. The van der Waals surface area contributed by atoms with Crippen molar-refractivity contribution in [2.45, 2.75) is 0 Å². The third kappa shape index (κ3) is 6.15. The molecule has 0 saturated carbocycles. The molecule has 0 fully saturated rings. The molecule has 0 rings (SSSR count). The number of carbonyl (C=O) groups is 1. The summed E-state index contributed by atoms with van der Waals surface area (Å²) in [6, 6.07) is 0. The van der Waals surface area contributed by atoms with Crippen molar-refractivity contribution in [2.24, 2.45) is 0 Å². The van der Waals surface area contributed by atoms with Crippen molar-refractivity contribution >= 4 is 18.6 Å². The van der Waals surface area contributed by atoms with E-state index in [-0.39, 0.29) is 0 Å². The number of hydrogen-bond donors (Lipinski definition) is 1. The van der Waals surface area contributed by atoms with Crippen LogP contribution in [0.25, 0.3) is 0 Å². The molecule has 0 aromatic heterocycles. The van der Waals surface area contributed by atoms with Gasteiger partial charge in [-0.1, -0.05) is 0 Å². The van der Waals surface area contributed by atoms with Gasteiger partial charge in [-0.2, -0.15) is 0 Å². The standard InChI is InChI=1S/CH2AsO2.Mn.2O/c2-1(3)4;;;/h2H,(H,3,4);;;/q-1;+1;;. The molecule has 0 saturated heterocycles. The Hall–Kier alpha value is 0.148. The van der Waals surface area contributed by atoms with Crippen molar-refractivity contribution in [3.05, 3.63) is 0 Å². The summed E-state index contributed by atoms with van der Waals surface area (Å²) < 4.78 is 18.0. The van der Waals surface area contributed by atoms with Crippen LogP contribution in [0.15, 0.2) is 0 Å². The first-order chi connectivity index (χ1) is 3.13. The van der Waals surface area contributed by atoms with Gasteiger partial charge >= 0.3 is 48.0 Å². The first-order valence-corrected chi connectivity index (χ1v) is 7.05. The molecule has 0 radical (unpaired) electrons. The van der Waals surface area contributed by atoms with Crippen LogP contribution in [0.1, 0.15) is 0 Å². The van der Waals surface area contributed by atoms with Gasteiger partial charge < -0.3 is 0 Å². The van der Waals surface area contributed by atoms with Crippen molar-refractivity contribution in [1.29, 1.82) is 0 Å². The van der Waals surface area contributed by atoms with E-state index in [4.69, 9.17) is 5.11 Å². The van der Waals surface area contributed by atoms with Crippen molar-refractivity contribution in [3.8, 4) is 0 Å². The second-order valence-corrected chi connectivity index (χ2v) is 6.79. The fourth-order valence-corrected chi connectivity index (χ4v) is 1.41. The molecule has 1 unspecified atom stereocenters. The van der Waals surface area contributed by atoms with Crippen LogP contribution in [0.5, 0.6) is 0 Å². The molecule has 0 aromatic carbocycles. The van der Waals surface area contributed by atoms with Crippen LogP contribution in [0, 0.1) is 0 Å². The second-order valence-electron chi connectivity index (χ2n) is 0.617. The van der Waals surface area contributed by atoms with Crippen LogP contribution in [-0.4, -0.2) is 23.7 Å². The van der Waals surface area contributed by atoms with Crippen molar-refractivity contribution < 1.29 is 29.3 Å². The molecular weight excluding hydrogens is 206 g/mol. The van der Waals surface area contributed by atoms with Gasteiger partial charge in [0.1, 0.15) is 0 Å². The van der Waals surface area contributed by atoms with Gasteiger partial charge in [0, 0.05) is 0 Å². The Morgan fingerprint density at radius 3 is 2.00 bits per heavy atom. The van der Waals surface area contributed by atoms with Crippen LogP contribution >= 0.6 is 0 Å². The summed E-state index contributed by atoms with van der Waals surface area (Å²) >= 11 is -4.63. The monoisotopic (exact) mass is 208 g/mol. The number of hydrogen-bond acceptors (Lipinski definition) is 3. The molecule has 1 atom stereocenters. The van der Waals surface area contributed by atoms with Crippen molar-refractivity contribution in [2.75, 3.05) is 0 Å². The van der Waals surface area contributed by atoms with E-state index in [0.717, 1.165) is 0 Å². The summed E-state index contributed by atoms with van der Waals surface area (Å²) in [6.45, 7) is 0. The van der Waals surface area contributed by atoms with E-state index >= 15 is 0 Å². The maximum atomic E-state index is 9.56. The zero-order valence-corrected chi connectivity index (χ0v) is 6.33. The van der Waals surface area contributed by atoms with E-state index in [1.54, 1.807) is 0 Å². The Bertz CT molecular complexity index is 129. The topological polar surface area (TPSA) is 71.4 Å². The number of carboxylic acid groups (broad SMARTS) is 1. The van der Waals surface area contributed by atoms with E-state index in [1.165, 1.54) is 0 Å². The molecule has 42 valence electrons. The van der Waals surface area contributed by atoms with Crippen LogP contribution in [-0.2, 0) is 19.4 Å². The first kappa shape index (κ1) is 7.15. The minimum absolute atomic E-state index is 1.17. The SMILES string of the molecule is O=C(O)[AsH][Mn](=[O])=[O]. The molecule has 4 nitrogen and oxygen atoms in total. The van der Waals surface area contributed by atoms with E-state index in [9.17, 15) is 12.5 Å². The second kappa shape index (κ2) is 3.19. The van der Waals surface area contributed by atoms with Gasteiger partial charge in [0.2, 0.25) is 0 Å². The molecule has 0 aliphatic carbocycles. The summed E-state index contributed by atoms with van der Waals surface area (Å²) in [5.74, 6) is 0. The average molecular weight is 208 g/mol. The Morgan fingerprint density at radius 1 is 1.57 bits per heavy atom. The van der Waals surface area contributed by atoms with Crippen LogP contribution in [0.3, 0.4) is 0 Å². The third-order valence-corrected chi connectivity index (χ3v) is 3.38. The Kier molecular flexibility index (Phi) is 3.26. The molecule has 0 spiro atoms. The molecule has 1 N–H and O–H groups in total. The molecule has 0 heterocycles. The van der Waals surface area contributed by atoms with Crippen LogP contribution < -0.4 is 0 Å². The summed E-state index contributed by atoms with van der Waals surface area (Å²) in [4.78, 5) is 9.49. The van der Waals surface area contributed by atoms with Gasteiger partial charge in [0.15, 0.2) is 0 Å². The zero-order valence-electron chi connectivity index (χ0n) is 3.05. The molecule has 0 amide bonds. The normalized spacial score (nSPS) is 11.0. The van der Waals surface area contributed by atoms with Gasteiger partial charge in [-0.05, 0) is 0 Å². The van der Waals surface area contributed by atoms with Gasteiger partial charge in [0.05, 0.1) is 0 Å². The Labute approximate surface area is 48.3 Å². The van der Waals surface area contributed by atoms with Crippen molar-refractivity contribution in [3.63, 3.8) is 0 Å². The van der Waals surface area contributed by atoms with Crippen LogP contribution in [0.4, 0.5) is 4.79 Å². The molecule has 0 bridgehead atoms. The van der Waals surface area contributed by atoms with Gasteiger partial charge in [-0.3, -0.25) is 0 Å². The van der Waals surface area contributed by atoms with E-state index < -0.39 is 30.4 Å². The van der Waals surface area contributed by atoms with E-state index in [1.807, 2.05) is 0 Å². The van der Waals surface area contributed by atoms with Gasteiger partial charge in [-0.25, -0.2) is 0 Å². The van der Waals surface area contributed by atoms with Gasteiger partial charge in [-0.15, -0.1) is 0 Å².